The van der Waals surface area contributed by atoms with E-state index in [2.05, 4.69) is 10.4 Å². The van der Waals surface area contributed by atoms with E-state index in [1.54, 1.807) is 24.4 Å². The molecule has 1 aromatic heterocycles. The highest BCUT2D eigenvalue weighted by atomic mass is 16.5. The van der Waals surface area contributed by atoms with E-state index in [-0.39, 0.29) is 5.75 Å². The highest BCUT2D eigenvalue weighted by molar-refractivity contribution is 5.40. The summed E-state index contributed by atoms with van der Waals surface area (Å²) in [4.78, 5) is 0. The maximum Gasteiger partial charge on any atom is 0.169 e. The molecule has 0 aliphatic carbocycles. The first kappa shape index (κ1) is 13.0. The molecule has 2 heterocycles. The maximum atomic E-state index is 9.68. The number of nitrogens with one attached hydrogen (secondary N) is 1. The lowest BCUT2D eigenvalue weighted by atomic mass is 10.00. The van der Waals surface area contributed by atoms with Gasteiger partial charge >= 0.3 is 0 Å². The molecule has 0 radical (unpaired) electrons. The summed E-state index contributed by atoms with van der Waals surface area (Å²) in [6.45, 7) is 3.07. The van der Waals surface area contributed by atoms with Crippen LogP contribution in [-0.4, -0.2) is 28.0 Å². The summed E-state index contributed by atoms with van der Waals surface area (Å²) >= 11 is 0. The molecule has 2 N–H and O–H groups in total. The zero-order valence-electron chi connectivity index (χ0n) is 11.3. The molecule has 2 aromatic rings. The van der Waals surface area contributed by atoms with Gasteiger partial charge in [-0.3, -0.25) is 4.68 Å². The largest absolute Gasteiger partial charge is 0.504 e. The molecule has 20 heavy (non-hydrogen) atoms. The average Bonchev–Trinajstić information content (AvgIpc) is 2.90. The standard InChI is InChI=1S/C15H19N3O2/c19-14-5-1-2-6-15(14)20-13-9-17-18(11-13)10-12-4-3-7-16-8-12/h1-2,5-6,9,11-12,16,19H,3-4,7-8,10H2. The van der Waals surface area contributed by atoms with Crippen LogP contribution in [0.1, 0.15) is 12.8 Å². The van der Waals surface area contributed by atoms with Crippen molar-refractivity contribution in [2.75, 3.05) is 13.1 Å². The molecule has 1 atom stereocenters. The summed E-state index contributed by atoms with van der Waals surface area (Å²) in [7, 11) is 0. The Hall–Kier alpha value is -2.01. The van der Waals surface area contributed by atoms with E-state index in [4.69, 9.17) is 4.74 Å². The van der Waals surface area contributed by atoms with Crippen molar-refractivity contribution < 1.29 is 9.84 Å². The molecule has 1 fully saturated rings. The van der Waals surface area contributed by atoms with Crippen LogP contribution in [0, 0.1) is 5.92 Å². The third-order valence-electron chi connectivity index (χ3n) is 3.55. The second kappa shape index (κ2) is 5.96. The van der Waals surface area contributed by atoms with Gasteiger partial charge in [-0.1, -0.05) is 12.1 Å². The highest BCUT2D eigenvalue weighted by Gasteiger charge is 2.14. The predicted molar refractivity (Wildman–Crippen MR) is 76.0 cm³/mol. The lowest BCUT2D eigenvalue weighted by Crippen LogP contribution is -2.32. The van der Waals surface area contributed by atoms with Gasteiger partial charge in [0.05, 0.1) is 12.4 Å². The zero-order chi connectivity index (χ0) is 13.8. The number of hydrogen-bond donors (Lipinski definition) is 2. The van der Waals surface area contributed by atoms with Crippen LogP contribution in [0.15, 0.2) is 36.7 Å². The van der Waals surface area contributed by atoms with E-state index in [1.165, 1.54) is 12.8 Å². The monoisotopic (exact) mass is 273 g/mol. The smallest absolute Gasteiger partial charge is 0.169 e. The minimum Gasteiger partial charge on any atom is -0.504 e. The van der Waals surface area contributed by atoms with Crippen LogP contribution < -0.4 is 10.1 Å². The van der Waals surface area contributed by atoms with E-state index in [1.807, 2.05) is 16.9 Å². The van der Waals surface area contributed by atoms with Gasteiger partial charge in [0.2, 0.25) is 0 Å². The van der Waals surface area contributed by atoms with Gasteiger partial charge in [-0.25, -0.2) is 0 Å². The molecule has 3 rings (SSSR count). The minimum atomic E-state index is 0.136. The van der Waals surface area contributed by atoms with Crippen LogP contribution in [0.5, 0.6) is 17.2 Å². The Bertz CT molecular complexity index is 562. The van der Waals surface area contributed by atoms with Crippen molar-refractivity contribution in [2.45, 2.75) is 19.4 Å². The Morgan fingerprint density at radius 1 is 1.40 bits per heavy atom. The van der Waals surface area contributed by atoms with Gasteiger partial charge in [-0.05, 0) is 44.0 Å². The Morgan fingerprint density at radius 2 is 2.30 bits per heavy atom. The summed E-state index contributed by atoms with van der Waals surface area (Å²) in [5.74, 6) is 1.86. The molecular formula is C15H19N3O2. The van der Waals surface area contributed by atoms with Crippen molar-refractivity contribution in [2.24, 2.45) is 5.92 Å². The Morgan fingerprint density at radius 3 is 3.10 bits per heavy atom. The lowest BCUT2D eigenvalue weighted by molar-refractivity contribution is 0.324. The highest BCUT2D eigenvalue weighted by Crippen LogP contribution is 2.29. The Labute approximate surface area is 118 Å². The maximum absolute atomic E-state index is 9.68. The number of ether oxygens (including phenoxy) is 1. The van der Waals surface area contributed by atoms with Gasteiger partial charge in [-0.15, -0.1) is 0 Å². The summed E-state index contributed by atoms with van der Waals surface area (Å²) < 4.78 is 7.54. The van der Waals surface area contributed by atoms with Gasteiger partial charge in [0.25, 0.3) is 0 Å². The van der Waals surface area contributed by atoms with Crippen molar-refractivity contribution in [3.05, 3.63) is 36.7 Å². The summed E-state index contributed by atoms with van der Waals surface area (Å²) in [5, 5.41) is 17.4. The number of rotatable bonds is 4. The van der Waals surface area contributed by atoms with Crippen molar-refractivity contribution in [3.8, 4) is 17.2 Å². The molecule has 1 aliphatic rings. The first-order valence-corrected chi connectivity index (χ1v) is 7.00. The van der Waals surface area contributed by atoms with Crippen molar-refractivity contribution in [3.63, 3.8) is 0 Å². The van der Waals surface area contributed by atoms with Crippen LogP contribution >= 0.6 is 0 Å². The third kappa shape index (κ3) is 3.11. The third-order valence-corrected chi connectivity index (χ3v) is 3.55. The summed E-state index contributed by atoms with van der Waals surface area (Å²) in [6, 6.07) is 6.93. The molecular weight excluding hydrogens is 254 g/mol. The Kier molecular flexibility index (Phi) is 3.87. The summed E-state index contributed by atoms with van der Waals surface area (Å²) in [6.07, 6.45) is 6.03. The van der Waals surface area contributed by atoms with E-state index in [0.717, 1.165) is 19.6 Å². The molecule has 1 saturated heterocycles. The predicted octanol–water partition coefficient (Wildman–Crippen LogP) is 2.38. The molecule has 0 saturated carbocycles. The number of aromatic hydroxyl groups is 1. The van der Waals surface area contributed by atoms with E-state index >= 15 is 0 Å². The molecule has 0 bridgehead atoms. The first-order chi connectivity index (χ1) is 9.81. The lowest BCUT2D eigenvalue weighted by Gasteiger charge is -2.22. The fourth-order valence-corrected chi connectivity index (χ4v) is 2.51. The summed E-state index contributed by atoms with van der Waals surface area (Å²) in [5.41, 5.74) is 0. The topological polar surface area (TPSA) is 59.3 Å². The second-order valence-electron chi connectivity index (χ2n) is 5.18. The van der Waals surface area contributed by atoms with Crippen LogP contribution in [0.2, 0.25) is 0 Å². The van der Waals surface area contributed by atoms with Crippen molar-refractivity contribution in [1.29, 1.82) is 0 Å². The average molecular weight is 273 g/mol. The number of phenols is 1. The molecule has 0 amide bonds. The minimum absolute atomic E-state index is 0.136. The van der Waals surface area contributed by atoms with Gasteiger partial charge in [-0.2, -0.15) is 5.10 Å². The number of piperidine rings is 1. The second-order valence-corrected chi connectivity index (χ2v) is 5.18. The fraction of sp³-hybridized carbons (Fsp3) is 0.400. The van der Waals surface area contributed by atoms with E-state index < -0.39 is 0 Å². The van der Waals surface area contributed by atoms with Crippen LogP contribution in [-0.2, 0) is 6.54 Å². The van der Waals surface area contributed by atoms with Crippen LogP contribution in [0.4, 0.5) is 0 Å². The first-order valence-electron chi connectivity index (χ1n) is 7.00. The van der Waals surface area contributed by atoms with Gasteiger partial charge in [0, 0.05) is 6.54 Å². The normalized spacial score (nSPS) is 18.9. The van der Waals surface area contributed by atoms with Crippen LogP contribution in [0.25, 0.3) is 0 Å². The fourth-order valence-electron chi connectivity index (χ4n) is 2.51. The molecule has 1 aromatic carbocycles. The van der Waals surface area contributed by atoms with Crippen molar-refractivity contribution >= 4 is 0 Å². The number of benzene rings is 1. The van der Waals surface area contributed by atoms with Gasteiger partial charge < -0.3 is 15.2 Å². The van der Waals surface area contributed by atoms with Gasteiger partial charge in [0.1, 0.15) is 0 Å². The Balaban J connectivity index is 1.63. The number of phenolic OH excluding ortho intramolecular Hbond substituents is 1. The molecule has 1 unspecified atom stereocenters. The number of nitrogens with zero attached hydrogens (tertiary/aromatic N) is 2. The van der Waals surface area contributed by atoms with Crippen molar-refractivity contribution in [1.82, 2.24) is 15.1 Å². The van der Waals surface area contributed by atoms with E-state index in [0.29, 0.717) is 17.4 Å². The van der Waals surface area contributed by atoms with E-state index in [9.17, 15) is 5.11 Å². The van der Waals surface area contributed by atoms with Crippen LogP contribution in [0.3, 0.4) is 0 Å². The molecule has 106 valence electrons. The van der Waals surface area contributed by atoms with Gasteiger partial charge in [0.15, 0.2) is 17.2 Å². The number of aromatic nitrogens is 2. The molecule has 1 aliphatic heterocycles. The molecule has 0 spiro atoms. The quantitative estimate of drug-likeness (QED) is 0.898. The molecule has 5 nitrogen and oxygen atoms in total. The zero-order valence-corrected chi connectivity index (χ0v) is 11.3. The number of hydrogen-bond acceptors (Lipinski definition) is 4. The SMILES string of the molecule is Oc1ccccc1Oc1cnn(CC2CCCNC2)c1. The number of para-hydroxylation sites is 2. The molecule has 5 heteroatoms.